The number of nitrogens with one attached hydrogen (secondary N) is 1. The van der Waals surface area contributed by atoms with E-state index in [2.05, 4.69) is 39.2 Å². The molecular weight excluding hydrogens is 328 g/mol. The molecular formula is C19H24N6O. The van der Waals surface area contributed by atoms with Crippen LogP contribution in [0.2, 0.25) is 0 Å². The van der Waals surface area contributed by atoms with Crippen molar-refractivity contribution in [2.75, 3.05) is 5.32 Å². The lowest BCUT2D eigenvalue weighted by Gasteiger charge is -2.21. The minimum absolute atomic E-state index is 0.0194. The van der Waals surface area contributed by atoms with Crippen LogP contribution in [-0.2, 0) is 7.05 Å². The first-order valence-electron chi connectivity index (χ1n) is 8.68. The zero-order valence-electron chi connectivity index (χ0n) is 15.5. The maximum absolute atomic E-state index is 10.1. The highest BCUT2D eigenvalue weighted by molar-refractivity contribution is 5.64. The first-order valence-corrected chi connectivity index (χ1v) is 8.68. The Morgan fingerprint density at radius 1 is 1.19 bits per heavy atom. The Labute approximate surface area is 153 Å². The quantitative estimate of drug-likeness (QED) is 0.706. The van der Waals surface area contributed by atoms with Crippen molar-refractivity contribution in [2.45, 2.75) is 33.2 Å². The van der Waals surface area contributed by atoms with E-state index in [1.807, 2.05) is 32.2 Å². The number of nitrogens with zero attached hydrogens (tertiary/aromatic N) is 5. The van der Waals surface area contributed by atoms with Gasteiger partial charge in [0, 0.05) is 18.8 Å². The molecule has 0 aliphatic rings. The second-order valence-electron chi connectivity index (χ2n) is 6.80. The second kappa shape index (κ2) is 7.51. The molecule has 3 aromatic rings. The third-order valence-electron chi connectivity index (χ3n) is 4.09. The van der Waals surface area contributed by atoms with E-state index < -0.39 is 0 Å². The predicted octanol–water partition coefficient (Wildman–Crippen LogP) is 3.49. The Morgan fingerprint density at radius 2 is 1.96 bits per heavy atom. The monoisotopic (exact) mass is 352 g/mol. The van der Waals surface area contributed by atoms with Gasteiger partial charge >= 0.3 is 0 Å². The summed E-state index contributed by atoms with van der Waals surface area (Å²) in [4.78, 5) is 13.5. The average Bonchev–Trinajstić information content (AvgIpc) is 3.00. The molecule has 2 aromatic heterocycles. The lowest BCUT2D eigenvalue weighted by atomic mass is 10.0. The predicted molar refractivity (Wildman–Crippen MR) is 101 cm³/mol. The van der Waals surface area contributed by atoms with Crippen molar-refractivity contribution in [3.63, 3.8) is 0 Å². The molecule has 1 aromatic carbocycles. The maximum Gasteiger partial charge on any atom is 0.165 e. The first kappa shape index (κ1) is 17.8. The molecule has 1 unspecified atom stereocenters. The van der Waals surface area contributed by atoms with Gasteiger partial charge in [0.05, 0.1) is 11.6 Å². The summed E-state index contributed by atoms with van der Waals surface area (Å²) in [5, 5.41) is 17.8. The third-order valence-corrected chi connectivity index (χ3v) is 4.09. The fourth-order valence-corrected chi connectivity index (χ4v) is 2.93. The molecule has 0 saturated carbocycles. The molecule has 0 fully saturated rings. The number of phenols is 1. The van der Waals surface area contributed by atoms with E-state index in [-0.39, 0.29) is 11.8 Å². The van der Waals surface area contributed by atoms with Gasteiger partial charge in [-0.25, -0.2) is 15.0 Å². The maximum atomic E-state index is 10.1. The Balaban J connectivity index is 1.95. The van der Waals surface area contributed by atoms with Gasteiger partial charge in [0.15, 0.2) is 5.82 Å². The van der Waals surface area contributed by atoms with Gasteiger partial charge in [-0.05, 0) is 31.4 Å². The number of hydrogen-bond acceptors (Lipinski definition) is 6. The van der Waals surface area contributed by atoms with Crippen LogP contribution in [0.1, 0.15) is 37.8 Å². The summed E-state index contributed by atoms with van der Waals surface area (Å²) in [7, 11) is 1.88. The van der Waals surface area contributed by atoms with Crippen LogP contribution in [0.25, 0.3) is 11.4 Å². The van der Waals surface area contributed by atoms with Crippen LogP contribution < -0.4 is 5.32 Å². The summed E-state index contributed by atoms with van der Waals surface area (Å²) in [6.45, 7) is 6.25. The number of aromatic nitrogens is 5. The van der Waals surface area contributed by atoms with Crippen LogP contribution in [0.5, 0.6) is 5.75 Å². The van der Waals surface area contributed by atoms with E-state index in [0.717, 1.165) is 17.9 Å². The van der Waals surface area contributed by atoms with Crippen molar-refractivity contribution < 1.29 is 5.11 Å². The number of hydrogen-bond donors (Lipinski definition) is 2. The van der Waals surface area contributed by atoms with Crippen molar-refractivity contribution in [1.29, 1.82) is 0 Å². The van der Waals surface area contributed by atoms with Crippen molar-refractivity contribution >= 4 is 5.82 Å². The highest BCUT2D eigenvalue weighted by Gasteiger charge is 2.19. The van der Waals surface area contributed by atoms with Crippen LogP contribution in [0, 0.1) is 12.8 Å². The Bertz CT molecular complexity index is 889. The van der Waals surface area contributed by atoms with E-state index in [4.69, 9.17) is 0 Å². The van der Waals surface area contributed by atoms with E-state index in [1.54, 1.807) is 23.1 Å². The number of anilines is 1. The van der Waals surface area contributed by atoms with Gasteiger partial charge in [-0.2, -0.15) is 5.10 Å². The summed E-state index contributed by atoms with van der Waals surface area (Å²) >= 11 is 0. The normalized spacial score (nSPS) is 12.3. The molecule has 0 radical (unpaired) electrons. The first-order chi connectivity index (χ1) is 12.4. The number of benzene rings is 1. The molecule has 26 heavy (non-hydrogen) atoms. The largest absolute Gasteiger partial charge is 0.507 e. The van der Waals surface area contributed by atoms with Crippen molar-refractivity contribution in [1.82, 2.24) is 24.7 Å². The standard InChI is InChI=1S/C19H24N6O/c1-12(2)9-15(19-20-11-21-25(19)4)23-17-10-13(3)22-18(24-17)14-7-5-6-8-16(14)26/h5-8,10-12,15,26H,9H2,1-4H3,(H,22,23,24). The molecule has 0 saturated heterocycles. The molecule has 2 N–H and O–H groups in total. The van der Waals surface area contributed by atoms with Gasteiger partial charge in [-0.15, -0.1) is 0 Å². The minimum atomic E-state index is -0.0194. The summed E-state index contributed by atoms with van der Waals surface area (Å²) in [5.74, 6) is 2.69. The molecule has 0 amide bonds. The lowest BCUT2D eigenvalue weighted by Crippen LogP contribution is -2.19. The summed E-state index contributed by atoms with van der Waals surface area (Å²) in [5.41, 5.74) is 1.43. The average molecular weight is 352 g/mol. The Kier molecular flexibility index (Phi) is 5.16. The molecule has 7 nitrogen and oxygen atoms in total. The van der Waals surface area contributed by atoms with E-state index in [0.29, 0.717) is 23.1 Å². The molecule has 1 atom stereocenters. The third kappa shape index (κ3) is 3.99. The van der Waals surface area contributed by atoms with Gasteiger partial charge in [-0.3, -0.25) is 4.68 Å². The molecule has 0 aliphatic heterocycles. The molecule has 0 aliphatic carbocycles. The van der Waals surface area contributed by atoms with Crippen LogP contribution in [0.15, 0.2) is 36.7 Å². The highest BCUT2D eigenvalue weighted by atomic mass is 16.3. The molecule has 2 heterocycles. The van der Waals surface area contributed by atoms with Gasteiger partial charge in [0.1, 0.15) is 23.7 Å². The zero-order valence-corrected chi connectivity index (χ0v) is 15.5. The molecule has 136 valence electrons. The number of aromatic hydroxyl groups is 1. The van der Waals surface area contributed by atoms with Crippen molar-refractivity contribution in [3.05, 3.63) is 48.2 Å². The van der Waals surface area contributed by atoms with Gasteiger partial charge in [0.2, 0.25) is 0 Å². The zero-order chi connectivity index (χ0) is 18.7. The number of rotatable bonds is 6. The van der Waals surface area contributed by atoms with E-state index in [9.17, 15) is 5.11 Å². The number of para-hydroxylation sites is 1. The van der Waals surface area contributed by atoms with Gasteiger partial charge in [-0.1, -0.05) is 26.0 Å². The summed E-state index contributed by atoms with van der Waals surface area (Å²) in [6, 6.07) is 8.95. The Hall–Kier alpha value is -2.96. The fraction of sp³-hybridized carbons (Fsp3) is 0.368. The topological polar surface area (TPSA) is 88.8 Å². The fourth-order valence-electron chi connectivity index (χ4n) is 2.93. The second-order valence-corrected chi connectivity index (χ2v) is 6.80. The molecule has 3 rings (SSSR count). The number of phenolic OH excluding ortho intramolecular Hbond substituents is 1. The van der Waals surface area contributed by atoms with Crippen molar-refractivity contribution in [2.24, 2.45) is 13.0 Å². The Morgan fingerprint density at radius 3 is 2.62 bits per heavy atom. The summed E-state index contributed by atoms with van der Waals surface area (Å²) in [6.07, 6.45) is 2.45. The molecule has 7 heteroatoms. The molecule has 0 spiro atoms. The number of aryl methyl sites for hydroxylation is 2. The van der Waals surface area contributed by atoms with Crippen LogP contribution in [-0.4, -0.2) is 29.8 Å². The van der Waals surface area contributed by atoms with E-state index >= 15 is 0 Å². The SMILES string of the molecule is Cc1cc(NC(CC(C)C)c2ncnn2C)nc(-c2ccccc2O)n1. The van der Waals surface area contributed by atoms with Crippen LogP contribution >= 0.6 is 0 Å². The smallest absolute Gasteiger partial charge is 0.165 e. The van der Waals surface area contributed by atoms with E-state index in [1.165, 1.54) is 0 Å². The van der Waals surface area contributed by atoms with Gasteiger partial charge in [0.25, 0.3) is 0 Å². The van der Waals surface area contributed by atoms with Gasteiger partial charge < -0.3 is 10.4 Å². The highest BCUT2D eigenvalue weighted by Crippen LogP contribution is 2.29. The lowest BCUT2D eigenvalue weighted by molar-refractivity contribution is 0.477. The minimum Gasteiger partial charge on any atom is -0.507 e. The van der Waals surface area contributed by atoms with Crippen LogP contribution in [0.4, 0.5) is 5.82 Å². The van der Waals surface area contributed by atoms with Crippen molar-refractivity contribution in [3.8, 4) is 17.1 Å². The summed E-state index contributed by atoms with van der Waals surface area (Å²) < 4.78 is 1.78. The molecule has 0 bridgehead atoms. The van der Waals surface area contributed by atoms with Crippen LogP contribution in [0.3, 0.4) is 0 Å².